The lowest BCUT2D eigenvalue weighted by molar-refractivity contribution is 0.115. The maximum Gasteiger partial charge on any atom is 0.317 e. The van der Waals surface area contributed by atoms with E-state index in [1.807, 2.05) is 4.90 Å². The number of piperazine rings is 1. The molecule has 2 amide bonds. The molecular formula is C10H20N4O. The van der Waals surface area contributed by atoms with Crippen molar-refractivity contribution in [1.82, 2.24) is 20.4 Å². The molecule has 0 aliphatic carbocycles. The van der Waals surface area contributed by atoms with Crippen LogP contribution in [-0.4, -0.2) is 68.2 Å². The standard InChI is InChI=1S/C10H20N4O/c1-11-10(15)14-6-4-13(5-7-14)9-2-3-12-8-9/h9,12H,2-8H2,1H3,(H,11,15). The van der Waals surface area contributed by atoms with Gasteiger partial charge in [0.05, 0.1) is 0 Å². The van der Waals surface area contributed by atoms with E-state index < -0.39 is 0 Å². The third kappa shape index (κ3) is 2.41. The molecule has 2 fully saturated rings. The number of hydrogen-bond acceptors (Lipinski definition) is 3. The van der Waals surface area contributed by atoms with E-state index >= 15 is 0 Å². The molecule has 86 valence electrons. The Balaban J connectivity index is 1.78. The molecule has 0 radical (unpaired) electrons. The molecule has 0 aromatic rings. The highest BCUT2D eigenvalue weighted by molar-refractivity contribution is 5.73. The van der Waals surface area contributed by atoms with E-state index in [0.717, 1.165) is 39.3 Å². The van der Waals surface area contributed by atoms with Crippen LogP contribution in [0.1, 0.15) is 6.42 Å². The molecule has 2 aliphatic rings. The zero-order valence-electron chi connectivity index (χ0n) is 9.33. The molecule has 1 unspecified atom stereocenters. The van der Waals surface area contributed by atoms with Crippen molar-refractivity contribution in [2.24, 2.45) is 0 Å². The minimum Gasteiger partial charge on any atom is -0.341 e. The molecule has 5 nitrogen and oxygen atoms in total. The van der Waals surface area contributed by atoms with E-state index in [1.54, 1.807) is 7.05 Å². The number of carbonyl (C=O) groups is 1. The van der Waals surface area contributed by atoms with Crippen LogP contribution in [-0.2, 0) is 0 Å². The van der Waals surface area contributed by atoms with Gasteiger partial charge in [0.1, 0.15) is 0 Å². The fourth-order valence-corrected chi connectivity index (χ4v) is 2.40. The first-order chi connectivity index (χ1) is 7.31. The number of amides is 2. The summed E-state index contributed by atoms with van der Waals surface area (Å²) >= 11 is 0. The van der Waals surface area contributed by atoms with Crippen LogP contribution in [0.4, 0.5) is 4.79 Å². The van der Waals surface area contributed by atoms with Crippen molar-refractivity contribution in [3.8, 4) is 0 Å². The third-order valence-electron chi connectivity index (χ3n) is 3.37. The molecule has 0 saturated carbocycles. The average molecular weight is 212 g/mol. The zero-order valence-corrected chi connectivity index (χ0v) is 9.33. The summed E-state index contributed by atoms with van der Waals surface area (Å²) in [5.41, 5.74) is 0. The van der Waals surface area contributed by atoms with Crippen molar-refractivity contribution in [2.45, 2.75) is 12.5 Å². The Bertz CT molecular complexity index is 219. The van der Waals surface area contributed by atoms with Crippen LogP contribution >= 0.6 is 0 Å². The van der Waals surface area contributed by atoms with Gasteiger partial charge in [-0.2, -0.15) is 0 Å². The molecule has 0 aromatic heterocycles. The largest absolute Gasteiger partial charge is 0.341 e. The average Bonchev–Trinajstić information content (AvgIpc) is 2.82. The SMILES string of the molecule is CNC(=O)N1CCN(C2CCNC2)CC1. The van der Waals surface area contributed by atoms with Gasteiger partial charge in [-0.1, -0.05) is 0 Å². The van der Waals surface area contributed by atoms with E-state index in [9.17, 15) is 4.79 Å². The molecule has 1 atom stereocenters. The van der Waals surface area contributed by atoms with Crippen molar-refractivity contribution in [1.29, 1.82) is 0 Å². The van der Waals surface area contributed by atoms with Crippen molar-refractivity contribution >= 4 is 6.03 Å². The molecule has 2 heterocycles. The Hall–Kier alpha value is -0.810. The highest BCUT2D eigenvalue weighted by Gasteiger charge is 2.27. The van der Waals surface area contributed by atoms with Gasteiger partial charge in [0, 0.05) is 45.8 Å². The van der Waals surface area contributed by atoms with Gasteiger partial charge in [-0.05, 0) is 13.0 Å². The summed E-state index contributed by atoms with van der Waals surface area (Å²) in [5.74, 6) is 0. The van der Waals surface area contributed by atoms with Crippen LogP contribution in [0.3, 0.4) is 0 Å². The maximum atomic E-state index is 11.4. The van der Waals surface area contributed by atoms with E-state index in [1.165, 1.54) is 6.42 Å². The van der Waals surface area contributed by atoms with Crippen molar-refractivity contribution in [2.75, 3.05) is 46.3 Å². The normalized spacial score (nSPS) is 28.1. The summed E-state index contributed by atoms with van der Waals surface area (Å²) in [6.45, 7) is 5.99. The van der Waals surface area contributed by atoms with Gasteiger partial charge in [-0.3, -0.25) is 4.90 Å². The van der Waals surface area contributed by atoms with Crippen LogP contribution in [0, 0.1) is 0 Å². The summed E-state index contributed by atoms with van der Waals surface area (Å²) in [4.78, 5) is 15.8. The first kappa shape index (κ1) is 10.7. The Morgan fingerprint density at radius 2 is 2.07 bits per heavy atom. The summed E-state index contributed by atoms with van der Waals surface area (Å²) in [7, 11) is 1.69. The fourth-order valence-electron chi connectivity index (χ4n) is 2.40. The van der Waals surface area contributed by atoms with Crippen molar-refractivity contribution in [3.05, 3.63) is 0 Å². The van der Waals surface area contributed by atoms with E-state index in [0.29, 0.717) is 6.04 Å². The van der Waals surface area contributed by atoms with Crippen LogP contribution < -0.4 is 10.6 Å². The van der Waals surface area contributed by atoms with Gasteiger partial charge in [0.25, 0.3) is 0 Å². The lowest BCUT2D eigenvalue weighted by atomic mass is 10.2. The Kier molecular flexibility index (Phi) is 3.43. The first-order valence-corrected chi connectivity index (χ1v) is 5.72. The minimum atomic E-state index is 0.0548. The fraction of sp³-hybridized carbons (Fsp3) is 0.900. The second-order valence-electron chi connectivity index (χ2n) is 4.22. The van der Waals surface area contributed by atoms with Crippen molar-refractivity contribution in [3.63, 3.8) is 0 Å². The predicted molar refractivity (Wildman–Crippen MR) is 58.9 cm³/mol. The summed E-state index contributed by atoms with van der Waals surface area (Å²) < 4.78 is 0. The Morgan fingerprint density at radius 3 is 2.60 bits per heavy atom. The molecule has 2 rings (SSSR count). The number of hydrogen-bond donors (Lipinski definition) is 2. The molecule has 15 heavy (non-hydrogen) atoms. The monoisotopic (exact) mass is 212 g/mol. The van der Waals surface area contributed by atoms with E-state index in [2.05, 4.69) is 15.5 Å². The van der Waals surface area contributed by atoms with Crippen molar-refractivity contribution < 1.29 is 4.79 Å². The van der Waals surface area contributed by atoms with Crippen LogP contribution in [0.2, 0.25) is 0 Å². The third-order valence-corrected chi connectivity index (χ3v) is 3.37. The number of carbonyl (C=O) groups excluding carboxylic acids is 1. The molecule has 0 bridgehead atoms. The summed E-state index contributed by atoms with van der Waals surface area (Å²) in [6.07, 6.45) is 1.25. The van der Waals surface area contributed by atoms with E-state index in [4.69, 9.17) is 0 Å². The van der Waals surface area contributed by atoms with Crippen LogP contribution in [0.5, 0.6) is 0 Å². The molecular weight excluding hydrogens is 192 g/mol. The maximum absolute atomic E-state index is 11.4. The minimum absolute atomic E-state index is 0.0548. The van der Waals surface area contributed by atoms with Gasteiger partial charge < -0.3 is 15.5 Å². The smallest absolute Gasteiger partial charge is 0.317 e. The van der Waals surface area contributed by atoms with Crippen LogP contribution in [0.25, 0.3) is 0 Å². The van der Waals surface area contributed by atoms with Gasteiger partial charge in [0.15, 0.2) is 0 Å². The first-order valence-electron chi connectivity index (χ1n) is 5.72. The highest BCUT2D eigenvalue weighted by atomic mass is 16.2. The molecule has 0 spiro atoms. The van der Waals surface area contributed by atoms with Gasteiger partial charge in [-0.25, -0.2) is 4.79 Å². The van der Waals surface area contributed by atoms with E-state index in [-0.39, 0.29) is 6.03 Å². The lowest BCUT2D eigenvalue weighted by Crippen LogP contribution is -2.54. The number of rotatable bonds is 1. The quantitative estimate of drug-likeness (QED) is 0.604. The topological polar surface area (TPSA) is 47.6 Å². The molecule has 5 heteroatoms. The lowest BCUT2D eigenvalue weighted by Gasteiger charge is -2.37. The number of nitrogens with zero attached hydrogens (tertiary/aromatic N) is 2. The Labute approximate surface area is 90.8 Å². The van der Waals surface area contributed by atoms with Gasteiger partial charge >= 0.3 is 6.03 Å². The Morgan fingerprint density at radius 1 is 1.33 bits per heavy atom. The second kappa shape index (κ2) is 4.81. The van der Waals surface area contributed by atoms with Crippen LogP contribution in [0.15, 0.2) is 0 Å². The van der Waals surface area contributed by atoms with Gasteiger partial charge in [-0.15, -0.1) is 0 Å². The molecule has 2 N–H and O–H groups in total. The number of urea groups is 1. The highest BCUT2D eigenvalue weighted by Crippen LogP contribution is 2.11. The number of nitrogens with one attached hydrogen (secondary N) is 2. The summed E-state index contributed by atoms with van der Waals surface area (Å²) in [6, 6.07) is 0.746. The second-order valence-corrected chi connectivity index (χ2v) is 4.22. The molecule has 0 aromatic carbocycles. The van der Waals surface area contributed by atoms with Gasteiger partial charge in [0.2, 0.25) is 0 Å². The summed E-state index contributed by atoms with van der Waals surface area (Å²) in [5, 5.41) is 6.06. The molecule has 2 aliphatic heterocycles. The predicted octanol–water partition coefficient (Wildman–Crippen LogP) is -0.695. The zero-order chi connectivity index (χ0) is 10.7. The molecule has 2 saturated heterocycles.